The highest BCUT2D eigenvalue weighted by Gasteiger charge is 2.13. The van der Waals surface area contributed by atoms with Crippen molar-refractivity contribution in [1.29, 1.82) is 5.26 Å². The molecule has 0 fully saturated rings. The molecule has 1 aromatic carbocycles. The van der Waals surface area contributed by atoms with Crippen LogP contribution in [0.15, 0.2) is 24.3 Å². The van der Waals surface area contributed by atoms with E-state index < -0.39 is 0 Å². The summed E-state index contributed by atoms with van der Waals surface area (Å²) in [6.45, 7) is 4.11. The van der Waals surface area contributed by atoms with E-state index in [1.54, 1.807) is 6.07 Å². The average Bonchev–Trinajstić information content (AvgIpc) is 2.16. The van der Waals surface area contributed by atoms with Crippen molar-refractivity contribution in [3.63, 3.8) is 0 Å². The molecule has 0 aromatic heterocycles. The van der Waals surface area contributed by atoms with Crippen LogP contribution in [-0.2, 0) is 0 Å². The van der Waals surface area contributed by atoms with Crippen molar-refractivity contribution < 1.29 is 0 Å². The lowest BCUT2D eigenvalue weighted by molar-refractivity contribution is 0.513. The summed E-state index contributed by atoms with van der Waals surface area (Å²) in [5, 5.41) is 8.84. The summed E-state index contributed by atoms with van der Waals surface area (Å²) >= 11 is 0. The van der Waals surface area contributed by atoms with Gasteiger partial charge in [-0.3, -0.25) is 0 Å². The minimum atomic E-state index is -0.0455. The van der Waals surface area contributed by atoms with E-state index in [-0.39, 0.29) is 18.4 Å². The van der Waals surface area contributed by atoms with Gasteiger partial charge in [-0.25, -0.2) is 0 Å². The molecule has 1 aromatic rings. The van der Waals surface area contributed by atoms with Gasteiger partial charge in [-0.05, 0) is 17.5 Å². The maximum Gasteiger partial charge on any atom is 0.0995 e. The first kappa shape index (κ1) is 13.0. The molecule has 0 unspecified atom stereocenters. The topological polar surface area (TPSA) is 49.8 Å². The highest BCUT2D eigenvalue weighted by Crippen LogP contribution is 2.21. The van der Waals surface area contributed by atoms with Crippen molar-refractivity contribution >= 4 is 12.4 Å². The van der Waals surface area contributed by atoms with E-state index in [4.69, 9.17) is 11.0 Å². The average molecular weight is 211 g/mol. The second-order valence-corrected chi connectivity index (χ2v) is 3.47. The Morgan fingerprint density at radius 1 is 1.29 bits per heavy atom. The van der Waals surface area contributed by atoms with Crippen LogP contribution in [-0.4, -0.2) is 0 Å². The molecule has 0 aliphatic rings. The molecule has 0 saturated carbocycles. The molecule has 14 heavy (non-hydrogen) atoms. The molecular weight excluding hydrogens is 196 g/mol. The van der Waals surface area contributed by atoms with Crippen LogP contribution >= 0.6 is 12.4 Å². The molecular formula is C11H15ClN2. The Balaban J connectivity index is 0.00000169. The van der Waals surface area contributed by atoms with Crippen molar-refractivity contribution in [2.24, 2.45) is 11.7 Å². The van der Waals surface area contributed by atoms with Crippen LogP contribution in [0.1, 0.15) is 31.0 Å². The number of halogens is 1. The number of nitrogens with two attached hydrogens (primary N) is 1. The first-order valence-corrected chi connectivity index (χ1v) is 4.41. The lowest BCUT2D eigenvalue weighted by Crippen LogP contribution is -2.17. The van der Waals surface area contributed by atoms with E-state index >= 15 is 0 Å². The van der Waals surface area contributed by atoms with Crippen molar-refractivity contribution in [3.05, 3.63) is 35.4 Å². The zero-order chi connectivity index (χ0) is 9.84. The van der Waals surface area contributed by atoms with E-state index in [0.717, 1.165) is 5.56 Å². The predicted octanol–water partition coefficient (Wildman–Crippen LogP) is 2.64. The highest BCUT2D eigenvalue weighted by molar-refractivity contribution is 5.85. The number of benzene rings is 1. The first-order valence-electron chi connectivity index (χ1n) is 4.41. The maximum absolute atomic E-state index is 8.84. The summed E-state index contributed by atoms with van der Waals surface area (Å²) in [6.07, 6.45) is 0. The lowest BCUT2D eigenvalue weighted by Gasteiger charge is -2.16. The summed E-state index contributed by atoms with van der Waals surface area (Å²) in [5.41, 5.74) is 7.59. The number of hydrogen-bond donors (Lipinski definition) is 1. The van der Waals surface area contributed by atoms with Crippen molar-refractivity contribution in [2.75, 3.05) is 0 Å². The van der Waals surface area contributed by atoms with Crippen LogP contribution in [0.2, 0.25) is 0 Å². The van der Waals surface area contributed by atoms with Crippen LogP contribution in [0.5, 0.6) is 0 Å². The SMILES string of the molecule is CC(C)[C@@H](N)c1ccccc1C#N.Cl. The van der Waals surface area contributed by atoms with Gasteiger partial charge in [0.1, 0.15) is 0 Å². The fourth-order valence-electron chi connectivity index (χ4n) is 1.25. The largest absolute Gasteiger partial charge is 0.324 e. The molecule has 0 spiro atoms. The number of hydrogen-bond acceptors (Lipinski definition) is 2. The lowest BCUT2D eigenvalue weighted by atomic mass is 9.93. The van der Waals surface area contributed by atoms with Gasteiger partial charge in [0, 0.05) is 6.04 Å². The van der Waals surface area contributed by atoms with E-state index in [1.165, 1.54) is 0 Å². The summed E-state index contributed by atoms with van der Waals surface area (Å²) in [7, 11) is 0. The third kappa shape index (κ3) is 2.73. The molecule has 2 nitrogen and oxygen atoms in total. The van der Waals surface area contributed by atoms with Crippen molar-refractivity contribution in [3.8, 4) is 6.07 Å². The van der Waals surface area contributed by atoms with Crippen LogP contribution in [0.25, 0.3) is 0 Å². The van der Waals surface area contributed by atoms with Crippen LogP contribution in [0.4, 0.5) is 0 Å². The first-order chi connectivity index (χ1) is 6.16. The molecule has 0 amide bonds. The van der Waals surface area contributed by atoms with Gasteiger partial charge in [-0.2, -0.15) is 5.26 Å². The molecule has 0 heterocycles. The fraction of sp³-hybridized carbons (Fsp3) is 0.364. The minimum absolute atomic E-state index is 0. The Kier molecular flexibility index (Phi) is 5.22. The van der Waals surface area contributed by atoms with Gasteiger partial charge in [-0.1, -0.05) is 32.0 Å². The monoisotopic (exact) mass is 210 g/mol. The number of rotatable bonds is 2. The van der Waals surface area contributed by atoms with Gasteiger partial charge in [0.05, 0.1) is 11.6 Å². The van der Waals surface area contributed by atoms with E-state index in [1.807, 2.05) is 18.2 Å². The third-order valence-corrected chi connectivity index (χ3v) is 2.16. The van der Waals surface area contributed by atoms with Crippen LogP contribution in [0.3, 0.4) is 0 Å². The molecule has 2 N–H and O–H groups in total. The fourth-order valence-corrected chi connectivity index (χ4v) is 1.25. The summed E-state index contributed by atoms with van der Waals surface area (Å²) < 4.78 is 0. The smallest absolute Gasteiger partial charge is 0.0995 e. The highest BCUT2D eigenvalue weighted by atomic mass is 35.5. The maximum atomic E-state index is 8.84. The molecule has 0 saturated heterocycles. The molecule has 0 radical (unpaired) electrons. The standard InChI is InChI=1S/C11H14N2.ClH/c1-8(2)11(13)10-6-4-3-5-9(10)7-12;/h3-6,8,11H,13H2,1-2H3;1H/t11-;/m1./s1. The zero-order valence-corrected chi connectivity index (χ0v) is 9.21. The van der Waals surface area contributed by atoms with Gasteiger partial charge >= 0.3 is 0 Å². The van der Waals surface area contributed by atoms with Crippen molar-refractivity contribution in [1.82, 2.24) is 0 Å². The molecule has 76 valence electrons. The van der Waals surface area contributed by atoms with Crippen LogP contribution < -0.4 is 5.73 Å². The number of nitriles is 1. The molecule has 3 heteroatoms. The zero-order valence-electron chi connectivity index (χ0n) is 8.40. The van der Waals surface area contributed by atoms with Gasteiger partial charge in [0.2, 0.25) is 0 Å². The Bertz CT molecular complexity index is 328. The second-order valence-electron chi connectivity index (χ2n) is 3.47. The quantitative estimate of drug-likeness (QED) is 0.816. The van der Waals surface area contributed by atoms with Gasteiger partial charge in [0.15, 0.2) is 0 Å². The molecule has 0 aliphatic heterocycles. The molecule has 1 rings (SSSR count). The Labute approximate surface area is 91.1 Å². The summed E-state index contributed by atoms with van der Waals surface area (Å²) in [6, 6.07) is 9.60. The number of nitrogens with zero attached hydrogens (tertiary/aromatic N) is 1. The Morgan fingerprint density at radius 2 is 1.86 bits per heavy atom. The normalized spacial score (nSPS) is 11.6. The van der Waals surface area contributed by atoms with Crippen LogP contribution in [0, 0.1) is 17.2 Å². The van der Waals surface area contributed by atoms with E-state index in [0.29, 0.717) is 11.5 Å². The minimum Gasteiger partial charge on any atom is -0.324 e. The van der Waals surface area contributed by atoms with Gasteiger partial charge < -0.3 is 5.73 Å². The molecule has 0 bridgehead atoms. The van der Waals surface area contributed by atoms with Gasteiger partial charge in [0.25, 0.3) is 0 Å². The van der Waals surface area contributed by atoms with E-state index in [2.05, 4.69) is 19.9 Å². The van der Waals surface area contributed by atoms with Gasteiger partial charge in [-0.15, -0.1) is 12.4 Å². The third-order valence-electron chi connectivity index (χ3n) is 2.16. The molecule has 0 aliphatic carbocycles. The Morgan fingerprint density at radius 3 is 2.36 bits per heavy atom. The predicted molar refractivity (Wildman–Crippen MR) is 60.2 cm³/mol. The second kappa shape index (κ2) is 5.64. The summed E-state index contributed by atoms with van der Waals surface area (Å²) in [4.78, 5) is 0. The Hall–Kier alpha value is -1.04. The van der Waals surface area contributed by atoms with E-state index in [9.17, 15) is 0 Å². The summed E-state index contributed by atoms with van der Waals surface area (Å²) in [5.74, 6) is 0.356. The van der Waals surface area contributed by atoms with Crippen molar-refractivity contribution in [2.45, 2.75) is 19.9 Å². The molecule has 1 atom stereocenters.